The third kappa shape index (κ3) is 4.49. The van der Waals surface area contributed by atoms with Crippen molar-refractivity contribution in [1.82, 2.24) is 19.9 Å². The summed E-state index contributed by atoms with van der Waals surface area (Å²) >= 11 is 0. The van der Waals surface area contributed by atoms with Crippen molar-refractivity contribution in [3.8, 4) is 29.1 Å². The average molecular weight is 618 g/mol. The second kappa shape index (κ2) is 10.6. The summed E-state index contributed by atoms with van der Waals surface area (Å²) in [6, 6.07) is 7.04. The number of phenolic OH excluding ortho intramolecular Hbond substituents is 1. The number of alkyl halides is 1. The molecule has 3 fully saturated rings. The van der Waals surface area contributed by atoms with Gasteiger partial charge in [-0.3, -0.25) is 4.90 Å². The molecule has 1 unspecified atom stereocenters. The van der Waals surface area contributed by atoms with Gasteiger partial charge in [0.05, 0.1) is 29.1 Å². The smallest absolute Gasteiger partial charge is 0.319 e. The van der Waals surface area contributed by atoms with E-state index in [1.807, 2.05) is 6.07 Å². The first kappa shape index (κ1) is 28.1. The standard InChI is InChI=1S/C32H30F3N7O3/c33-18-12-32(5-1-7-41(32)14-18)16-45-31-39-28-25-29(37-6-8-42(30(25)40-31)19-4-9-44-15-19)38-27(26(28)35)21-11-20(43)10-17-2-3-23(34)22(13-36)24(17)21/h2-3,10-11,18-19,43H,1,4-9,12,14-16H2,(H,37,38)/t18-,19?,32+/m1/s1. The molecule has 4 aliphatic rings. The van der Waals surface area contributed by atoms with E-state index in [2.05, 4.69) is 25.1 Å². The van der Waals surface area contributed by atoms with Crippen molar-refractivity contribution in [3.63, 3.8) is 0 Å². The highest BCUT2D eigenvalue weighted by Crippen LogP contribution is 2.44. The molecule has 0 bridgehead atoms. The van der Waals surface area contributed by atoms with Crippen LogP contribution in [-0.2, 0) is 4.74 Å². The molecule has 0 amide bonds. The van der Waals surface area contributed by atoms with Gasteiger partial charge in [-0.1, -0.05) is 6.07 Å². The van der Waals surface area contributed by atoms with Crippen LogP contribution in [0.15, 0.2) is 24.3 Å². The van der Waals surface area contributed by atoms with E-state index in [4.69, 9.17) is 14.5 Å². The van der Waals surface area contributed by atoms with E-state index in [0.717, 1.165) is 31.9 Å². The quantitative estimate of drug-likeness (QED) is 0.327. The predicted octanol–water partition coefficient (Wildman–Crippen LogP) is 4.68. The summed E-state index contributed by atoms with van der Waals surface area (Å²) < 4.78 is 58.1. The molecule has 3 atom stereocenters. The van der Waals surface area contributed by atoms with Crippen LogP contribution in [0.2, 0.25) is 0 Å². The Morgan fingerprint density at radius 2 is 2.07 bits per heavy atom. The second-order valence-corrected chi connectivity index (χ2v) is 12.3. The summed E-state index contributed by atoms with van der Waals surface area (Å²) in [4.78, 5) is 18.2. The fraction of sp³-hybridized carbons (Fsp3) is 0.438. The summed E-state index contributed by atoms with van der Waals surface area (Å²) in [5, 5.41) is 24.5. The molecule has 2 aromatic carbocycles. The Morgan fingerprint density at radius 3 is 2.89 bits per heavy atom. The number of nitrogens with zero attached hydrogens (tertiary/aromatic N) is 6. The zero-order chi connectivity index (χ0) is 30.9. The maximum atomic E-state index is 16.9. The van der Waals surface area contributed by atoms with E-state index in [1.165, 1.54) is 18.2 Å². The fourth-order valence-electron chi connectivity index (χ4n) is 7.61. The topological polar surface area (TPSA) is 120 Å². The van der Waals surface area contributed by atoms with Crippen molar-refractivity contribution in [2.24, 2.45) is 0 Å². The molecule has 0 aliphatic carbocycles. The third-order valence-corrected chi connectivity index (χ3v) is 9.66. The number of ether oxygens (including phenoxy) is 2. The lowest BCUT2D eigenvalue weighted by molar-refractivity contribution is 0.107. The van der Waals surface area contributed by atoms with Gasteiger partial charge in [-0.2, -0.15) is 15.2 Å². The van der Waals surface area contributed by atoms with Crippen molar-refractivity contribution < 1.29 is 27.8 Å². The summed E-state index contributed by atoms with van der Waals surface area (Å²) in [6.07, 6.45) is 1.92. The largest absolute Gasteiger partial charge is 0.508 e. The molecular weight excluding hydrogens is 587 g/mol. The fourth-order valence-corrected chi connectivity index (χ4v) is 7.61. The highest BCUT2D eigenvalue weighted by atomic mass is 19.1. The van der Waals surface area contributed by atoms with Gasteiger partial charge < -0.3 is 24.8 Å². The van der Waals surface area contributed by atoms with Crippen molar-refractivity contribution in [2.75, 3.05) is 56.2 Å². The van der Waals surface area contributed by atoms with Gasteiger partial charge in [0, 0.05) is 43.6 Å². The monoisotopic (exact) mass is 617 g/mol. The van der Waals surface area contributed by atoms with Crippen LogP contribution in [0.3, 0.4) is 0 Å². The number of pyridine rings is 1. The highest BCUT2D eigenvalue weighted by Gasteiger charge is 2.49. The molecular formula is C32H30F3N7O3. The van der Waals surface area contributed by atoms with Gasteiger partial charge in [0.15, 0.2) is 5.82 Å². The number of aromatic nitrogens is 3. The molecule has 232 valence electrons. The molecule has 8 rings (SSSR count). The summed E-state index contributed by atoms with van der Waals surface area (Å²) in [6.45, 7) is 3.37. The molecule has 2 N–H and O–H groups in total. The second-order valence-electron chi connectivity index (χ2n) is 12.3. The van der Waals surface area contributed by atoms with Gasteiger partial charge in [0.2, 0.25) is 0 Å². The molecule has 13 heteroatoms. The minimum Gasteiger partial charge on any atom is -0.508 e. The van der Waals surface area contributed by atoms with Crippen LogP contribution in [0.5, 0.6) is 11.8 Å². The van der Waals surface area contributed by atoms with E-state index >= 15 is 4.39 Å². The Kier molecular flexibility index (Phi) is 6.61. The molecule has 0 spiro atoms. The van der Waals surface area contributed by atoms with Crippen LogP contribution < -0.4 is 15.0 Å². The lowest BCUT2D eigenvalue weighted by atomic mass is 9.95. The van der Waals surface area contributed by atoms with Crippen LogP contribution in [-0.4, -0.2) is 88.7 Å². The van der Waals surface area contributed by atoms with Crippen LogP contribution in [0.1, 0.15) is 31.2 Å². The molecule has 0 saturated carbocycles. The minimum absolute atomic E-state index is 0.00587. The number of benzene rings is 2. The Bertz CT molecular complexity index is 1900. The predicted molar refractivity (Wildman–Crippen MR) is 160 cm³/mol. The SMILES string of the molecule is N#Cc1c(F)ccc2cc(O)cc(-c3nc4c5c(nc(OC[C@@]67CCCN6C[C@H](F)C7)nc5c3F)N(C3CCOC3)CCN4)c12. The normalized spacial score (nSPS) is 24.5. The highest BCUT2D eigenvalue weighted by molar-refractivity contribution is 6.05. The molecule has 45 heavy (non-hydrogen) atoms. The van der Waals surface area contributed by atoms with E-state index in [0.29, 0.717) is 61.7 Å². The average Bonchev–Trinajstić information content (AvgIpc) is 3.73. The molecule has 2 aromatic heterocycles. The van der Waals surface area contributed by atoms with Gasteiger partial charge in [0.25, 0.3) is 0 Å². The van der Waals surface area contributed by atoms with Crippen LogP contribution in [0, 0.1) is 23.0 Å². The third-order valence-electron chi connectivity index (χ3n) is 9.66. The number of fused-ring (bicyclic) bond motifs is 2. The van der Waals surface area contributed by atoms with Gasteiger partial charge in [-0.25, -0.2) is 18.2 Å². The van der Waals surface area contributed by atoms with Crippen molar-refractivity contribution in [2.45, 2.75) is 43.4 Å². The van der Waals surface area contributed by atoms with Gasteiger partial charge >= 0.3 is 6.01 Å². The zero-order valence-electron chi connectivity index (χ0n) is 24.3. The number of aromatic hydroxyl groups is 1. The Labute approximate surface area is 256 Å². The van der Waals surface area contributed by atoms with Crippen LogP contribution in [0.4, 0.5) is 24.8 Å². The number of hydrogen-bond acceptors (Lipinski definition) is 10. The van der Waals surface area contributed by atoms with Crippen LogP contribution >= 0.6 is 0 Å². The number of hydrogen-bond donors (Lipinski definition) is 2. The summed E-state index contributed by atoms with van der Waals surface area (Å²) in [5.74, 6) is -1.04. The van der Waals surface area contributed by atoms with Crippen molar-refractivity contribution in [1.29, 1.82) is 5.26 Å². The first-order valence-corrected chi connectivity index (χ1v) is 15.2. The number of rotatable bonds is 5. The van der Waals surface area contributed by atoms with Gasteiger partial charge in [-0.05, 0) is 49.4 Å². The van der Waals surface area contributed by atoms with Crippen LogP contribution in [0.25, 0.3) is 32.9 Å². The first-order valence-electron chi connectivity index (χ1n) is 15.2. The number of nitrogens with one attached hydrogen (secondary N) is 1. The summed E-state index contributed by atoms with van der Waals surface area (Å²) in [7, 11) is 0. The Hall–Kier alpha value is -4.41. The number of phenols is 1. The van der Waals surface area contributed by atoms with E-state index < -0.39 is 23.3 Å². The zero-order valence-corrected chi connectivity index (χ0v) is 24.3. The number of anilines is 2. The van der Waals surface area contributed by atoms with Gasteiger partial charge in [0.1, 0.15) is 53.3 Å². The molecule has 6 heterocycles. The maximum absolute atomic E-state index is 16.9. The number of halogens is 3. The van der Waals surface area contributed by atoms with Gasteiger partial charge in [-0.15, -0.1) is 0 Å². The molecule has 10 nitrogen and oxygen atoms in total. The molecule has 4 aliphatic heterocycles. The van der Waals surface area contributed by atoms with Crippen molar-refractivity contribution >= 4 is 33.3 Å². The summed E-state index contributed by atoms with van der Waals surface area (Å²) in [5.41, 5.74) is -0.983. The number of nitriles is 1. The van der Waals surface area contributed by atoms with E-state index in [-0.39, 0.29) is 52.1 Å². The van der Waals surface area contributed by atoms with E-state index in [9.17, 15) is 19.1 Å². The Morgan fingerprint density at radius 1 is 1.18 bits per heavy atom. The lowest BCUT2D eigenvalue weighted by Gasteiger charge is -2.31. The lowest BCUT2D eigenvalue weighted by Crippen LogP contribution is -2.43. The Balaban J connectivity index is 1.33. The first-order chi connectivity index (χ1) is 21.8. The molecule has 3 saturated heterocycles. The van der Waals surface area contributed by atoms with E-state index in [1.54, 1.807) is 0 Å². The molecule has 0 radical (unpaired) electrons. The maximum Gasteiger partial charge on any atom is 0.319 e. The van der Waals surface area contributed by atoms with Crippen molar-refractivity contribution in [3.05, 3.63) is 41.5 Å². The molecule has 4 aromatic rings. The minimum atomic E-state index is -0.936.